The van der Waals surface area contributed by atoms with Crippen LogP contribution in [-0.4, -0.2) is 28.1 Å². The fourth-order valence-corrected chi connectivity index (χ4v) is 3.62. The zero-order chi connectivity index (χ0) is 19.6. The van der Waals surface area contributed by atoms with Crippen LogP contribution in [0.5, 0.6) is 0 Å². The number of carboxylic acid groups (broad SMARTS) is 1. The largest absolute Gasteiger partial charge is 0.477 e. The number of aryl methyl sites for hydroxylation is 1. The number of fused-ring (bicyclic) bond motifs is 1. The molecule has 27 heavy (non-hydrogen) atoms. The number of hydrogen-bond acceptors (Lipinski definition) is 2. The molecule has 3 aromatic rings. The molecule has 140 valence electrons. The van der Waals surface area contributed by atoms with Gasteiger partial charge in [-0.05, 0) is 30.7 Å². The van der Waals surface area contributed by atoms with Gasteiger partial charge < -0.3 is 14.6 Å². The number of aromatic nitrogens is 1. The molecule has 0 saturated heterocycles. The molecule has 0 saturated carbocycles. The highest BCUT2D eigenvalue weighted by molar-refractivity contribution is 6.30. The molecule has 0 fully saturated rings. The van der Waals surface area contributed by atoms with Crippen LogP contribution in [0.4, 0.5) is 5.69 Å². The summed E-state index contributed by atoms with van der Waals surface area (Å²) in [6.45, 7) is 2.53. The van der Waals surface area contributed by atoms with Crippen LogP contribution < -0.4 is 4.90 Å². The summed E-state index contributed by atoms with van der Waals surface area (Å²) < 4.78 is 1.63. The van der Waals surface area contributed by atoms with E-state index in [1.165, 1.54) is 0 Å². The van der Waals surface area contributed by atoms with Crippen LogP contribution in [0.3, 0.4) is 0 Å². The van der Waals surface area contributed by atoms with Crippen LogP contribution in [0, 0.1) is 0 Å². The van der Waals surface area contributed by atoms with Crippen molar-refractivity contribution in [3.8, 4) is 0 Å². The predicted octanol–water partition coefficient (Wildman–Crippen LogP) is 4.52. The van der Waals surface area contributed by atoms with Gasteiger partial charge in [-0.3, -0.25) is 4.79 Å². The van der Waals surface area contributed by atoms with Gasteiger partial charge in [-0.15, -0.1) is 0 Å². The van der Waals surface area contributed by atoms with Gasteiger partial charge in [0.2, 0.25) is 5.91 Å². The van der Waals surface area contributed by atoms with Crippen molar-refractivity contribution < 1.29 is 14.7 Å². The molecule has 0 aliphatic heterocycles. The summed E-state index contributed by atoms with van der Waals surface area (Å²) >= 11 is 6.08. The summed E-state index contributed by atoms with van der Waals surface area (Å²) in [6.07, 6.45) is 0.787. The van der Waals surface area contributed by atoms with E-state index < -0.39 is 5.97 Å². The van der Waals surface area contributed by atoms with E-state index in [0.717, 1.165) is 17.3 Å². The average molecular weight is 385 g/mol. The first-order chi connectivity index (χ1) is 12.9. The molecule has 0 radical (unpaired) electrons. The van der Waals surface area contributed by atoms with E-state index in [-0.39, 0.29) is 18.0 Å². The van der Waals surface area contributed by atoms with Crippen molar-refractivity contribution >= 4 is 40.1 Å². The van der Waals surface area contributed by atoms with E-state index in [4.69, 9.17) is 11.6 Å². The van der Waals surface area contributed by atoms with Gasteiger partial charge in [0.1, 0.15) is 5.69 Å². The van der Waals surface area contributed by atoms with E-state index in [2.05, 4.69) is 0 Å². The summed E-state index contributed by atoms with van der Waals surface area (Å²) in [4.78, 5) is 26.6. The molecule has 1 aromatic heterocycles. The maximum Gasteiger partial charge on any atom is 0.352 e. The first-order valence-corrected chi connectivity index (χ1v) is 9.17. The standard InChI is InChI=1S/C21H21ClN2O3/c1-3-11-24(15-8-6-7-14(22)12-15)19(25)13-17-16-9-4-5-10-18(16)23(2)20(17)21(26)27/h4-10,12H,3,11,13H2,1-2H3,(H,26,27). The van der Waals surface area contributed by atoms with Gasteiger partial charge in [-0.25, -0.2) is 4.79 Å². The predicted molar refractivity (Wildman–Crippen MR) is 108 cm³/mol. The minimum Gasteiger partial charge on any atom is -0.477 e. The van der Waals surface area contributed by atoms with Crippen LogP contribution in [0.15, 0.2) is 48.5 Å². The lowest BCUT2D eigenvalue weighted by atomic mass is 10.1. The second kappa shape index (κ2) is 7.84. The maximum absolute atomic E-state index is 13.1. The lowest BCUT2D eigenvalue weighted by Crippen LogP contribution is -2.33. The number of amides is 1. The fraction of sp³-hybridized carbons (Fsp3) is 0.238. The van der Waals surface area contributed by atoms with Crippen molar-refractivity contribution in [1.29, 1.82) is 0 Å². The van der Waals surface area contributed by atoms with E-state index >= 15 is 0 Å². The number of aromatic carboxylic acids is 1. The first-order valence-electron chi connectivity index (χ1n) is 8.79. The number of para-hydroxylation sites is 1. The van der Waals surface area contributed by atoms with E-state index in [9.17, 15) is 14.7 Å². The third-order valence-corrected chi connectivity index (χ3v) is 4.85. The summed E-state index contributed by atoms with van der Waals surface area (Å²) in [5.41, 5.74) is 2.19. The molecule has 1 heterocycles. The van der Waals surface area contributed by atoms with E-state index in [0.29, 0.717) is 22.8 Å². The minimum absolute atomic E-state index is 0.00942. The Kier molecular flexibility index (Phi) is 5.51. The Labute approximate surface area is 162 Å². The van der Waals surface area contributed by atoms with Crippen LogP contribution in [-0.2, 0) is 18.3 Å². The average Bonchev–Trinajstić information content (AvgIpc) is 2.92. The van der Waals surface area contributed by atoms with Crippen molar-refractivity contribution in [2.75, 3.05) is 11.4 Å². The van der Waals surface area contributed by atoms with Gasteiger partial charge in [0, 0.05) is 40.8 Å². The normalized spacial score (nSPS) is 10.9. The van der Waals surface area contributed by atoms with Crippen LogP contribution in [0.2, 0.25) is 5.02 Å². The number of nitrogens with zero attached hydrogens (tertiary/aromatic N) is 2. The zero-order valence-electron chi connectivity index (χ0n) is 15.3. The van der Waals surface area contributed by atoms with Crippen molar-refractivity contribution in [2.45, 2.75) is 19.8 Å². The minimum atomic E-state index is -1.04. The Bertz CT molecular complexity index is 1010. The topological polar surface area (TPSA) is 62.5 Å². The molecule has 0 bridgehead atoms. The third kappa shape index (κ3) is 3.69. The molecular weight excluding hydrogens is 364 g/mol. The molecule has 0 atom stereocenters. The zero-order valence-corrected chi connectivity index (χ0v) is 16.0. The monoisotopic (exact) mass is 384 g/mol. The molecule has 3 rings (SSSR count). The Morgan fingerprint density at radius 2 is 1.89 bits per heavy atom. The highest BCUT2D eigenvalue weighted by Crippen LogP contribution is 2.28. The summed E-state index contributed by atoms with van der Waals surface area (Å²) in [5.74, 6) is -1.20. The number of benzene rings is 2. The van der Waals surface area contributed by atoms with Gasteiger partial charge in [0.25, 0.3) is 0 Å². The second-order valence-electron chi connectivity index (χ2n) is 6.41. The lowest BCUT2D eigenvalue weighted by Gasteiger charge is -2.22. The molecule has 0 unspecified atom stereocenters. The summed E-state index contributed by atoms with van der Waals surface area (Å²) in [7, 11) is 1.71. The number of anilines is 1. The molecule has 6 heteroatoms. The summed E-state index contributed by atoms with van der Waals surface area (Å²) in [5, 5.41) is 11.0. The molecule has 0 spiro atoms. The Morgan fingerprint density at radius 1 is 1.15 bits per heavy atom. The lowest BCUT2D eigenvalue weighted by molar-refractivity contribution is -0.118. The molecule has 2 aromatic carbocycles. The maximum atomic E-state index is 13.1. The Hall–Kier alpha value is -2.79. The first kappa shape index (κ1) is 19.0. The van der Waals surface area contributed by atoms with Gasteiger partial charge in [-0.1, -0.05) is 42.8 Å². The highest BCUT2D eigenvalue weighted by Gasteiger charge is 2.24. The third-order valence-electron chi connectivity index (χ3n) is 4.61. The Morgan fingerprint density at radius 3 is 2.56 bits per heavy atom. The number of carbonyl (C=O) groups is 2. The van der Waals surface area contributed by atoms with Crippen LogP contribution in [0.1, 0.15) is 29.4 Å². The van der Waals surface area contributed by atoms with Gasteiger partial charge in [0.05, 0.1) is 6.42 Å². The van der Waals surface area contributed by atoms with E-state index in [1.807, 2.05) is 37.3 Å². The van der Waals surface area contributed by atoms with Crippen molar-refractivity contribution in [1.82, 2.24) is 4.57 Å². The molecule has 0 aliphatic carbocycles. The molecular formula is C21H21ClN2O3. The smallest absolute Gasteiger partial charge is 0.352 e. The van der Waals surface area contributed by atoms with Crippen molar-refractivity contribution in [2.24, 2.45) is 7.05 Å². The van der Waals surface area contributed by atoms with Crippen LogP contribution >= 0.6 is 11.6 Å². The van der Waals surface area contributed by atoms with Gasteiger partial charge in [0.15, 0.2) is 0 Å². The molecule has 1 N–H and O–H groups in total. The fourth-order valence-electron chi connectivity index (χ4n) is 3.44. The number of carbonyl (C=O) groups excluding carboxylic acids is 1. The molecule has 1 amide bonds. The number of hydrogen-bond donors (Lipinski definition) is 1. The van der Waals surface area contributed by atoms with Gasteiger partial charge in [-0.2, -0.15) is 0 Å². The Balaban J connectivity index is 2.04. The van der Waals surface area contributed by atoms with Gasteiger partial charge >= 0.3 is 5.97 Å². The highest BCUT2D eigenvalue weighted by atomic mass is 35.5. The van der Waals surface area contributed by atoms with Crippen LogP contribution in [0.25, 0.3) is 10.9 Å². The number of carboxylic acids is 1. The van der Waals surface area contributed by atoms with E-state index in [1.54, 1.807) is 34.7 Å². The molecule has 0 aliphatic rings. The molecule has 5 nitrogen and oxygen atoms in total. The second-order valence-corrected chi connectivity index (χ2v) is 6.85. The number of rotatable bonds is 6. The van der Waals surface area contributed by atoms with Crippen molar-refractivity contribution in [3.63, 3.8) is 0 Å². The van der Waals surface area contributed by atoms with Crippen molar-refractivity contribution in [3.05, 3.63) is 64.8 Å². The quantitative estimate of drug-likeness (QED) is 0.679. The number of halogens is 1. The SMILES string of the molecule is CCCN(C(=O)Cc1c(C(=O)O)n(C)c2ccccc12)c1cccc(Cl)c1. The summed E-state index contributed by atoms with van der Waals surface area (Å²) in [6, 6.07) is 14.6.